The minimum atomic E-state index is -2.28. The van der Waals surface area contributed by atoms with Crippen molar-refractivity contribution in [1.29, 1.82) is 0 Å². The molecule has 0 aliphatic heterocycles. The summed E-state index contributed by atoms with van der Waals surface area (Å²) in [6.07, 6.45) is 2.56. The van der Waals surface area contributed by atoms with E-state index in [2.05, 4.69) is 48.4 Å². The maximum atomic E-state index is 15.3. The number of nitrogens with one attached hydrogen (secondary N) is 2. The summed E-state index contributed by atoms with van der Waals surface area (Å²) in [4.78, 5) is 28.6. The van der Waals surface area contributed by atoms with E-state index >= 15 is 4.39 Å². The smallest absolute Gasteiger partial charge is 0.339 e. The van der Waals surface area contributed by atoms with E-state index in [0.717, 1.165) is 6.07 Å². The SMILES string of the molecule is CCC.Cc1nc(-c2noc(=O)[nH]2)cc2[nH]c(C(C)(F)c3ncccc3F)nc12. The van der Waals surface area contributed by atoms with Crippen molar-refractivity contribution in [2.45, 2.75) is 39.8 Å². The summed E-state index contributed by atoms with van der Waals surface area (Å²) >= 11 is 0. The van der Waals surface area contributed by atoms with Crippen LogP contribution in [0.15, 0.2) is 33.7 Å². The fraction of sp³-hybridized carbons (Fsp3) is 0.316. The summed E-state index contributed by atoms with van der Waals surface area (Å²) in [6.45, 7) is 7.10. The van der Waals surface area contributed by atoms with Crippen LogP contribution < -0.4 is 5.76 Å². The maximum absolute atomic E-state index is 15.3. The van der Waals surface area contributed by atoms with Crippen molar-refractivity contribution in [2.75, 3.05) is 0 Å². The van der Waals surface area contributed by atoms with Crippen LogP contribution in [0.4, 0.5) is 8.78 Å². The molecule has 10 heteroatoms. The summed E-state index contributed by atoms with van der Waals surface area (Å²) in [7, 11) is 0. The number of hydrogen-bond acceptors (Lipinski definition) is 6. The Labute approximate surface area is 164 Å². The highest BCUT2D eigenvalue weighted by molar-refractivity contribution is 5.81. The third-order valence-electron chi connectivity index (χ3n) is 3.97. The van der Waals surface area contributed by atoms with Gasteiger partial charge in [0.2, 0.25) is 11.5 Å². The summed E-state index contributed by atoms with van der Waals surface area (Å²) in [5, 5.41) is 3.58. The Kier molecular flexibility index (Phi) is 5.53. The molecule has 0 radical (unpaired) electrons. The lowest BCUT2D eigenvalue weighted by Gasteiger charge is -2.17. The van der Waals surface area contributed by atoms with E-state index in [9.17, 15) is 9.18 Å². The molecule has 152 valence electrons. The van der Waals surface area contributed by atoms with Gasteiger partial charge in [-0.15, -0.1) is 0 Å². The number of pyridine rings is 2. The molecule has 0 saturated carbocycles. The molecule has 2 N–H and O–H groups in total. The van der Waals surface area contributed by atoms with Crippen LogP contribution in [0, 0.1) is 12.7 Å². The van der Waals surface area contributed by atoms with E-state index in [1.165, 1.54) is 31.7 Å². The second-order valence-corrected chi connectivity index (χ2v) is 6.56. The molecule has 29 heavy (non-hydrogen) atoms. The monoisotopic (exact) mass is 402 g/mol. The number of alkyl halides is 1. The van der Waals surface area contributed by atoms with Crippen molar-refractivity contribution < 1.29 is 13.3 Å². The Morgan fingerprint density at radius 3 is 2.59 bits per heavy atom. The lowest BCUT2D eigenvalue weighted by atomic mass is 10.0. The average molecular weight is 402 g/mol. The first-order chi connectivity index (χ1) is 13.8. The predicted molar refractivity (Wildman–Crippen MR) is 102 cm³/mol. The molecule has 0 aliphatic rings. The van der Waals surface area contributed by atoms with E-state index in [-0.39, 0.29) is 17.3 Å². The predicted octanol–water partition coefficient (Wildman–Crippen LogP) is 3.79. The minimum absolute atomic E-state index is 0.110. The first-order valence-corrected chi connectivity index (χ1v) is 9.02. The van der Waals surface area contributed by atoms with Crippen LogP contribution >= 0.6 is 0 Å². The summed E-state index contributed by atoms with van der Waals surface area (Å²) in [5.74, 6) is -1.46. The standard InChI is InChI=1S/C16H12F2N6O2.C3H8/c1-7-11-9(6-10(20-7)13-23-15(25)26-24-13)21-14(22-11)16(2,18)12-8(17)4-3-5-19-12;1-3-2/h3-6H,1-2H3,(H,21,22)(H,23,24,25);3H2,1-2H3. The number of halogens is 2. The van der Waals surface area contributed by atoms with Gasteiger partial charge in [-0.05, 0) is 32.0 Å². The Morgan fingerprint density at radius 1 is 1.24 bits per heavy atom. The molecule has 0 fully saturated rings. The van der Waals surface area contributed by atoms with Crippen LogP contribution in [0.25, 0.3) is 22.6 Å². The number of rotatable bonds is 3. The Bertz CT molecular complexity index is 1190. The van der Waals surface area contributed by atoms with Gasteiger partial charge in [-0.3, -0.25) is 14.5 Å². The zero-order valence-corrected chi connectivity index (χ0v) is 16.4. The zero-order valence-electron chi connectivity index (χ0n) is 16.4. The van der Waals surface area contributed by atoms with Crippen molar-refractivity contribution in [3.05, 3.63) is 58.0 Å². The van der Waals surface area contributed by atoms with Gasteiger partial charge in [0.1, 0.15) is 22.7 Å². The van der Waals surface area contributed by atoms with Crippen LogP contribution in [0.3, 0.4) is 0 Å². The van der Waals surface area contributed by atoms with Crippen LogP contribution in [0.2, 0.25) is 0 Å². The second-order valence-electron chi connectivity index (χ2n) is 6.56. The molecule has 4 heterocycles. The molecule has 0 amide bonds. The molecule has 4 aromatic heterocycles. The van der Waals surface area contributed by atoms with E-state index < -0.39 is 17.2 Å². The zero-order chi connectivity index (χ0) is 21.2. The van der Waals surface area contributed by atoms with Crippen molar-refractivity contribution >= 4 is 11.0 Å². The molecule has 4 aromatic rings. The number of aromatic amines is 2. The molecule has 1 unspecified atom stereocenters. The number of H-pyrrole nitrogens is 2. The van der Waals surface area contributed by atoms with Crippen molar-refractivity contribution in [3.8, 4) is 11.5 Å². The number of aromatic nitrogens is 6. The van der Waals surface area contributed by atoms with E-state index in [4.69, 9.17) is 0 Å². The van der Waals surface area contributed by atoms with Crippen LogP contribution in [0.1, 0.15) is 44.4 Å². The van der Waals surface area contributed by atoms with Gasteiger partial charge in [-0.2, -0.15) is 0 Å². The van der Waals surface area contributed by atoms with Crippen molar-refractivity contribution in [1.82, 2.24) is 30.1 Å². The molecular formula is C19H20F2N6O2. The quantitative estimate of drug-likeness (QED) is 0.539. The molecule has 4 rings (SSSR count). The number of fused-ring (bicyclic) bond motifs is 1. The summed E-state index contributed by atoms with van der Waals surface area (Å²) in [5.41, 5.74) is -0.993. The summed E-state index contributed by atoms with van der Waals surface area (Å²) < 4.78 is 33.8. The van der Waals surface area contributed by atoms with Crippen LogP contribution in [-0.2, 0) is 5.67 Å². The molecule has 0 aromatic carbocycles. The Balaban J connectivity index is 0.000000755. The third-order valence-corrected chi connectivity index (χ3v) is 3.97. The molecule has 0 bridgehead atoms. The van der Waals surface area contributed by atoms with Gasteiger partial charge in [-0.1, -0.05) is 25.4 Å². The van der Waals surface area contributed by atoms with E-state index in [1.807, 2.05) is 0 Å². The van der Waals surface area contributed by atoms with Crippen LogP contribution in [0.5, 0.6) is 0 Å². The van der Waals surface area contributed by atoms with Gasteiger partial charge in [0.05, 0.1) is 11.2 Å². The fourth-order valence-electron chi connectivity index (χ4n) is 2.70. The first-order valence-electron chi connectivity index (χ1n) is 9.02. The number of nitrogens with zero attached hydrogens (tertiary/aromatic N) is 4. The molecule has 1 atom stereocenters. The Morgan fingerprint density at radius 2 is 1.97 bits per heavy atom. The average Bonchev–Trinajstić information content (AvgIpc) is 3.29. The van der Waals surface area contributed by atoms with Gasteiger partial charge in [-0.25, -0.2) is 23.5 Å². The highest BCUT2D eigenvalue weighted by Crippen LogP contribution is 2.33. The lowest BCUT2D eigenvalue weighted by Crippen LogP contribution is -2.22. The maximum Gasteiger partial charge on any atom is 0.439 e. The lowest BCUT2D eigenvalue weighted by molar-refractivity contribution is 0.222. The number of hydrogen-bond donors (Lipinski definition) is 2. The molecule has 0 saturated heterocycles. The van der Waals surface area contributed by atoms with E-state index in [0.29, 0.717) is 22.4 Å². The highest BCUT2D eigenvalue weighted by Gasteiger charge is 2.36. The minimum Gasteiger partial charge on any atom is -0.339 e. The van der Waals surface area contributed by atoms with Gasteiger partial charge in [0.15, 0.2) is 5.82 Å². The number of imidazole rings is 1. The van der Waals surface area contributed by atoms with Gasteiger partial charge >= 0.3 is 5.76 Å². The van der Waals surface area contributed by atoms with Crippen molar-refractivity contribution in [2.24, 2.45) is 0 Å². The third kappa shape index (κ3) is 3.91. The molecular weight excluding hydrogens is 382 g/mol. The van der Waals surface area contributed by atoms with E-state index in [1.54, 1.807) is 6.92 Å². The normalized spacial score (nSPS) is 13.0. The highest BCUT2D eigenvalue weighted by atomic mass is 19.1. The van der Waals surface area contributed by atoms with Gasteiger partial charge in [0.25, 0.3) is 0 Å². The fourth-order valence-corrected chi connectivity index (χ4v) is 2.70. The topological polar surface area (TPSA) is 113 Å². The van der Waals surface area contributed by atoms with Gasteiger partial charge in [0, 0.05) is 6.20 Å². The van der Waals surface area contributed by atoms with Crippen LogP contribution in [-0.4, -0.2) is 30.1 Å². The largest absolute Gasteiger partial charge is 0.439 e. The second kappa shape index (κ2) is 7.90. The Hall–Kier alpha value is -3.43. The van der Waals surface area contributed by atoms with Crippen molar-refractivity contribution in [3.63, 3.8) is 0 Å². The first kappa shape index (κ1) is 20.3. The molecule has 0 spiro atoms. The van der Waals surface area contributed by atoms with Gasteiger partial charge < -0.3 is 4.98 Å². The molecule has 8 nitrogen and oxygen atoms in total. The number of aryl methyl sites for hydroxylation is 1. The molecule has 0 aliphatic carbocycles. The summed E-state index contributed by atoms with van der Waals surface area (Å²) in [6, 6.07) is 4.05.